The summed E-state index contributed by atoms with van der Waals surface area (Å²) in [5.74, 6) is 0.147. The third kappa shape index (κ3) is 4.05. The van der Waals surface area contributed by atoms with Crippen LogP contribution in [-0.4, -0.2) is 14.1 Å². The van der Waals surface area contributed by atoms with Crippen molar-refractivity contribution in [3.8, 4) is 6.07 Å². The fraction of sp³-hybridized carbons (Fsp3) is 0.467. The molecule has 1 aromatic carbocycles. The van der Waals surface area contributed by atoms with Gasteiger partial charge in [0.15, 0.2) is 0 Å². The van der Waals surface area contributed by atoms with Gasteiger partial charge in [0, 0.05) is 11.8 Å². The van der Waals surface area contributed by atoms with E-state index in [0.29, 0.717) is 5.71 Å². The smallest absolute Gasteiger partial charge is 0.265 e. The van der Waals surface area contributed by atoms with Crippen molar-refractivity contribution < 1.29 is 12.7 Å². The molecule has 2 atom stereocenters. The van der Waals surface area contributed by atoms with Crippen LogP contribution in [0.5, 0.6) is 0 Å². The number of nitrogens with zero attached hydrogens (tertiary/aromatic N) is 2. The maximum Gasteiger partial charge on any atom is 0.358 e. The highest BCUT2D eigenvalue weighted by Gasteiger charge is 2.24. The third-order valence-electron chi connectivity index (χ3n) is 3.76. The first-order chi connectivity index (χ1) is 10.0. The number of oxime groups is 1. The first-order valence-electron chi connectivity index (χ1n) is 6.95. The number of benzene rings is 1. The first kappa shape index (κ1) is 15.5. The topological polar surface area (TPSA) is 79.5 Å². The minimum atomic E-state index is -3.87. The van der Waals surface area contributed by atoms with Crippen LogP contribution in [0.2, 0.25) is 0 Å². The van der Waals surface area contributed by atoms with Crippen molar-refractivity contribution in [1.82, 2.24) is 0 Å². The molecule has 1 fully saturated rings. The fourth-order valence-electron chi connectivity index (χ4n) is 2.50. The quantitative estimate of drug-likeness (QED) is 0.632. The highest BCUT2D eigenvalue weighted by molar-refractivity contribution is 7.86. The van der Waals surface area contributed by atoms with Crippen LogP contribution in [0, 0.1) is 23.2 Å². The van der Waals surface area contributed by atoms with E-state index in [2.05, 4.69) is 11.2 Å². The van der Waals surface area contributed by atoms with E-state index in [1.165, 1.54) is 12.1 Å². The summed E-state index contributed by atoms with van der Waals surface area (Å²) in [6.07, 6.45) is 3.51. The Bertz CT molecular complexity index is 647. The van der Waals surface area contributed by atoms with Gasteiger partial charge < -0.3 is 0 Å². The van der Waals surface area contributed by atoms with Gasteiger partial charge in [-0.15, -0.1) is 0 Å². The fourth-order valence-corrected chi connectivity index (χ4v) is 3.29. The highest BCUT2D eigenvalue weighted by Crippen LogP contribution is 2.29. The maximum atomic E-state index is 12.0. The molecule has 112 valence electrons. The summed E-state index contributed by atoms with van der Waals surface area (Å²) in [4.78, 5) is 0.0834. The highest BCUT2D eigenvalue weighted by atomic mass is 32.2. The molecule has 0 radical (unpaired) electrons. The molecule has 1 aromatic rings. The van der Waals surface area contributed by atoms with Crippen LogP contribution in [0.1, 0.15) is 32.6 Å². The van der Waals surface area contributed by atoms with Crippen LogP contribution in [0.15, 0.2) is 40.4 Å². The van der Waals surface area contributed by atoms with Gasteiger partial charge in [-0.25, -0.2) is 0 Å². The third-order valence-corrected chi connectivity index (χ3v) is 4.88. The molecule has 21 heavy (non-hydrogen) atoms. The minimum Gasteiger partial charge on any atom is -0.265 e. The second kappa shape index (κ2) is 6.72. The summed E-state index contributed by atoms with van der Waals surface area (Å²) in [6, 6.07) is 10.2. The van der Waals surface area contributed by atoms with E-state index < -0.39 is 10.1 Å². The Hall–Kier alpha value is -1.87. The average molecular weight is 306 g/mol. The zero-order valence-electron chi connectivity index (χ0n) is 11.9. The molecule has 0 saturated heterocycles. The zero-order valence-corrected chi connectivity index (χ0v) is 12.7. The standard InChI is InChI=1S/C15H18N2O3S/c1-12(14-7-5-6-13(10-14)11-16)17-20-21(18,19)15-8-3-2-4-9-15/h2-4,8-9,13-14H,5-7,10H2,1H3. The molecular formula is C15H18N2O3S. The lowest BCUT2D eigenvalue weighted by Gasteiger charge is -2.24. The second-order valence-electron chi connectivity index (χ2n) is 5.26. The molecule has 0 aliphatic heterocycles. The lowest BCUT2D eigenvalue weighted by Crippen LogP contribution is -2.21. The Morgan fingerprint density at radius 3 is 2.71 bits per heavy atom. The predicted molar refractivity (Wildman–Crippen MR) is 78.9 cm³/mol. The van der Waals surface area contributed by atoms with Gasteiger partial charge >= 0.3 is 10.1 Å². The molecule has 0 aromatic heterocycles. The lowest BCUT2D eigenvalue weighted by molar-refractivity contribution is 0.322. The van der Waals surface area contributed by atoms with Crippen LogP contribution in [-0.2, 0) is 14.4 Å². The largest absolute Gasteiger partial charge is 0.358 e. The lowest BCUT2D eigenvalue weighted by atomic mass is 9.80. The van der Waals surface area contributed by atoms with Crippen molar-refractivity contribution in [2.45, 2.75) is 37.5 Å². The molecular weight excluding hydrogens is 288 g/mol. The number of rotatable bonds is 4. The second-order valence-corrected chi connectivity index (χ2v) is 6.79. The molecule has 0 spiro atoms. The molecule has 0 bridgehead atoms. The first-order valence-corrected chi connectivity index (χ1v) is 8.36. The summed E-state index contributed by atoms with van der Waals surface area (Å²) < 4.78 is 28.7. The number of hydrogen-bond donors (Lipinski definition) is 0. The Morgan fingerprint density at radius 1 is 1.33 bits per heavy atom. The summed E-state index contributed by atoms with van der Waals surface area (Å²) in [5, 5.41) is 12.8. The zero-order chi connectivity index (χ0) is 15.3. The van der Waals surface area contributed by atoms with Crippen LogP contribution < -0.4 is 0 Å². The number of nitriles is 1. The van der Waals surface area contributed by atoms with E-state index in [4.69, 9.17) is 9.55 Å². The monoisotopic (exact) mass is 306 g/mol. The van der Waals surface area contributed by atoms with E-state index >= 15 is 0 Å². The van der Waals surface area contributed by atoms with Crippen LogP contribution in [0.3, 0.4) is 0 Å². The summed E-state index contributed by atoms with van der Waals surface area (Å²) >= 11 is 0. The van der Waals surface area contributed by atoms with Gasteiger partial charge in [-0.05, 0) is 38.3 Å². The van der Waals surface area contributed by atoms with Gasteiger partial charge in [-0.1, -0.05) is 29.8 Å². The van der Waals surface area contributed by atoms with Crippen LogP contribution in [0.4, 0.5) is 0 Å². The van der Waals surface area contributed by atoms with Crippen molar-refractivity contribution >= 4 is 15.8 Å². The summed E-state index contributed by atoms with van der Waals surface area (Å²) in [5.41, 5.74) is 0.634. The van der Waals surface area contributed by atoms with Gasteiger partial charge in [0.2, 0.25) is 0 Å². The molecule has 1 saturated carbocycles. The SMILES string of the molecule is CC(=NOS(=O)(=O)c1ccccc1)C1CCCC(C#N)C1. The van der Waals surface area contributed by atoms with E-state index in [1.54, 1.807) is 25.1 Å². The van der Waals surface area contributed by atoms with Crippen LogP contribution in [0.25, 0.3) is 0 Å². The summed E-state index contributed by atoms with van der Waals surface area (Å²) in [6.45, 7) is 1.75. The van der Waals surface area contributed by atoms with Crippen molar-refractivity contribution in [2.24, 2.45) is 17.0 Å². The average Bonchev–Trinajstić information content (AvgIpc) is 2.53. The Labute approximate surface area is 125 Å². The maximum absolute atomic E-state index is 12.0. The molecule has 5 nitrogen and oxygen atoms in total. The predicted octanol–water partition coefficient (Wildman–Crippen LogP) is 3.10. The van der Waals surface area contributed by atoms with Gasteiger partial charge in [-0.3, -0.25) is 4.28 Å². The van der Waals surface area contributed by atoms with Crippen molar-refractivity contribution in [2.75, 3.05) is 0 Å². The van der Waals surface area contributed by atoms with E-state index in [1.807, 2.05) is 0 Å². The number of hydrogen-bond acceptors (Lipinski definition) is 5. The van der Waals surface area contributed by atoms with Crippen LogP contribution >= 0.6 is 0 Å². The molecule has 1 aliphatic rings. The molecule has 2 unspecified atom stereocenters. The van der Waals surface area contributed by atoms with Gasteiger partial charge in [0.25, 0.3) is 0 Å². The van der Waals surface area contributed by atoms with Gasteiger partial charge in [-0.2, -0.15) is 13.7 Å². The molecule has 0 N–H and O–H groups in total. The van der Waals surface area contributed by atoms with Gasteiger partial charge in [0.05, 0.1) is 11.8 Å². The minimum absolute atomic E-state index is 0.0274. The Morgan fingerprint density at radius 2 is 2.05 bits per heavy atom. The van der Waals surface area contributed by atoms with E-state index in [9.17, 15) is 8.42 Å². The Balaban J connectivity index is 2.05. The van der Waals surface area contributed by atoms with E-state index in [0.717, 1.165) is 25.7 Å². The van der Waals surface area contributed by atoms with Crippen molar-refractivity contribution in [3.05, 3.63) is 30.3 Å². The normalized spacial score (nSPS) is 23.3. The molecule has 6 heteroatoms. The Kier molecular flexibility index (Phi) is 4.97. The van der Waals surface area contributed by atoms with E-state index in [-0.39, 0.29) is 16.7 Å². The molecule has 1 aliphatic carbocycles. The van der Waals surface area contributed by atoms with Crippen molar-refractivity contribution in [3.63, 3.8) is 0 Å². The molecule has 0 amide bonds. The van der Waals surface area contributed by atoms with Crippen molar-refractivity contribution in [1.29, 1.82) is 5.26 Å². The molecule has 0 heterocycles. The molecule has 2 rings (SSSR count). The van der Waals surface area contributed by atoms with Gasteiger partial charge in [0.1, 0.15) is 4.90 Å². The summed E-state index contributed by atoms with van der Waals surface area (Å²) in [7, 11) is -3.87.